The van der Waals surface area contributed by atoms with Gasteiger partial charge in [0.25, 0.3) is 10.1 Å². The van der Waals surface area contributed by atoms with Gasteiger partial charge in [-0.25, -0.2) is 0 Å². The maximum absolute atomic E-state index is 11.5. The van der Waals surface area contributed by atoms with E-state index in [1.54, 1.807) is 6.07 Å². The molecule has 0 aromatic heterocycles. The minimum Gasteiger partial charge on any atom is -0.282 e. The fraction of sp³-hybridized carbons (Fsp3) is 0.800. The molecule has 0 aliphatic rings. The molecule has 198 valence electrons. The average Bonchev–Trinajstić information content (AvgIpc) is 2.77. The van der Waals surface area contributed by atoms with Crippen LogP contribution in [0.5, 0.6) is 0 Å². The Kier molecular flexibility index (Phi) is 16.1. The highest BCUT2D eigenvalue weighted by molar-refractivity contribution is 7.85. The van der Waals surface area contributed by atoms with Crippen molar-refractivity contribution in [2.75, 3.05) is 0 Å². The zero-order valence-corrected chi connectivity index (χ0v) is 23.7. The maximum atomic E-state index is 11.5. The van der Waals surface area contributed by atoms with E-state index in [0.29, 0.717) is 0 Å². The van der Waals surface area contributed by atoms with Gasteiger partial charge in [-0.1, -0.05) is 143 Å². The molecule has 1 aromatic rings. The molecule has 0 amide bonds. The monoisotopic (exact) mass is 494 g/mol. The van der Waals surface area contributed by atoms with Crippen LogP contribution in [-0.2, 0) is 22.0 Å². The third kappa shape index (κ3) is 14.5. The topological polar surface area (TPSA) is 54.4 Å². The molecule has 0 fully saturated rings. The summed E-state index contributed by atoms with van der Waals surface area (Å²) in [5, 5.41) is 0. The van der Waals surface area contributed by atoms with Crippen molar-refractivity contribution in [3.05, 3.63) is 29.3 Å². The van der Waals surface area contributed by atoms with Crippen LogP contribution in [0.2, 0.25) is 0 Å². The fourth-order valence-corrected chi connectivity index (χ4v) is 5.42. The summed E-state index contributed by atoms with van der Waals surface area (Å²) in [6.45, 7) is 8.72. The van der Waals surface area contributed by atoms with E-state index in [4.69, 9.17) is 0 Å². The molecule has 34 heavy (non-hydrogen) atoms. The van der Waals surface area contributed by atoms with Crippen molar-refractivity contribution in [3.63, 3.8) is 0 Å². The predicted molar refractivity (Wildman–Crippen MR) is 147 cm³/mol. The minimum absolute atomic E-state index is 0.0120. The Morgan fingerprint density at radius 2 is 1.03 bits per heavy atom. The molecule has 0 aliphatic heterocycles. The lowest BCUT2D eigenvalue weighted by Crippen LogP contribution is -2.15. The van der Waals surface area contributed by atoms with Crippen LogP contribution in [0.1, 0.15) is 154 Å². The van der Waals surface area contributed by atoms with Crippen LogP contribution in [0.15, 0.2) is 23.1 Å². The first kappa shape index (κ1) is 31.2. The molecule has 0 heterocycles. The van der Waals surface area contributed by atoms with Gasteiger partial charge in [0.15, 0.2) is 0 Å². The Morgan fingerprint density at radius 3 is 1.38 bits per heavy atom. The van der Waals surface area contributed by atoms with Crippen LogP contribution in [0.3, 0.4) is 0 Å². The zero-order chi connectivity index (χ0) is 25.3. The molecule has 3 nitrogen and oxygen atoms in total. The second kappa shape index (κ2) is 17.5. The Morgan fingerprint density at radius 1 is 0.647 bits per heavy atom. The second-order valence-electron chi connectivity index (χ2n) is 11.3. The van der Waals surface area contributed by atoms with E-state index in [2.05, 4.69) is 27.7 Å². The average molecular weight is 495 g/mol. The van der Waals surface area contributed by atoms with Crippen molar-refractivity contribution < 1.29 is 13.0 Å². The minimum atomic E-state index is -4.15. The molecule has 0 saturated heterocycles. The van der Waals surface area contributed by atoms with Gasteiger partial charge in [-0.3, -0.25) is 4.55 Å². The van der Waals surface area contributed by atoms with Crippen LogP contribution in [0.25, 0.3) is 0 Å². The first-order chi connectivity index (χ1) is 16.2. The first-order valence-electron chi connectivity index (χ1n) is 14.3. The summed E-state index contributed by atoms with van der Waals surface area (Å²) in [4.78, 5) is 0.0120. The Balaban J connectivity index is 2.07. The number of benzene rings is 1. The third-order valence-electron chi connectivity index (χ3n) is 6.98. The van der Waals surface area contributed by atoms with Gasteiger partial charge in [-0.15, -0.1) is 0 Å². The van der Waals surface area contributed by atoms with Crippen molar-refractivity contribution in [1.82, 2.24) is 0 Å². The van der Waals surface area contributed by atoms with Gasteiger partial charge in [0.05, 0.1) is 4.90 Å². The van der Waals surface area contributed by atoms with Gasteiger partial charge in [-0.2, -0.15) is 8.42 Å². The summed E-state index contributed by atoms with van der Waals surface area (Å²) in [5.74, 6) is 0. The lowest BCUT2D eigenvalue weighted by Gasteiger charge is -2.23. The standard InChI is InChI=1S/C30H54O3S/c1-5-6-7-8-9-10-11-12-13-14-15-16-17-18-19-20-21-22-23-27-26-28(34(31,32)33)24-25-29(27)30(2,3)4/h24-26H,5-23H2,1-4H3,(H,31,32,33). The number of rotatable bonds is 20. The lowest BCUT2D eigenvalue weighted by atomic mass is 9.82. The van der Waals surface area contributed by atoms with Gasteiger partial charge in [0.1, 0.15) is 0 Å². The van der Waals surface area contributed by atoms with Gasteiger partial charge in [0.2, 0.25) is 0 Å². The van der Waals surface area contributed by atoms with Crippen molar-refractivity contribution in [2.24, 2.45) is 0 Å². The van der Waals surface area contributed by atoms with E-state index in [1.165, 1.54) is 121 Å². The van der Waals surface area contributed by atoms with Gasteiger partial charge < -0.3 is 0 Å². The van der Waals surface area contributed by atoms with Crippen LogP contribution in [-0.4, -0.2) is 13.0 Å². The molecule has 1 aromatic carbocycles. The smallest absolute Gasteiger partial charge is 0.282 e. The zero-order valence-electron chi connectivity index (χ0n) is 22.8. The predicted octanol–water partition coefficient (Wildman–Crippen LogP) is 9.81. The molecule has 0 saturated carbocycles. The molecule has 4 heteroatoms. The first-order valence-corrected chi connectivity index (χ1v) is 15.7. The largest absolute Gasteiger partial charge is 0.294 e. The van der Waals surface area contributed by atoms with E-state index >= 15 is 0 Å². The number of aryl methyl sites for hydroxylation is 1. The lowest BCUT2D eigenvalue weighted by molar-refractivity contribution is 0.482. The highest BCUT2D eigenvalue weighted by Crippen LogP contribution is 2.29. The van der Waals surface area contributed by atoms with Gasteiger partial charge in [0, 0.05) is 0 Å². The highest BCUT2D eigenvalue weighted by atomic mass is 32.2. The van der Waals surface area contributed by atoms with E-state index < -0.39 is 10.1 Å². The molecule has 1 N–H and O–H groups in total. The van der Waals surface area contributed by atoms with Crippen LogP contribution in [0.4, 0.5) is 0 Å². The number of hydrogen-bond acceptors (Lipinski definition) is 2. The normalized spacial score (nSPS) is 12.4. The maximum Gasteiger partial charge on any atom is 0.294 e. The van der Waals surface area contributed by atoms with Gasteiger partial charge >= 0.3 is 0 Å². The van der Waals surface area contributed by atoms with E-state index in [0.717, 1.165) is 18.4 Å². The highest BCUT2D eigenvalue weighted by Gasteiger charge is 2.20. The molecule has 0 spiro atoms. The fourth-order valence-electron chi connectivity index (χ4n) is 4.89. The summed E-state index contributed by atoms with van der Waals surface area (Å²) < 4.78 is 32.5. The molecule has 0 atom stereocenters. The van der Waals surface area contributed by atoms with Gasteiger partial charge in [-0.05, 0) is 41.5 Å². The number of unbranched alkanes of at least 4 members (excludes halogenated alkanes) is 17. The summed E-state index contributed by atoms with van der Waals surface area (Å²) >= 11 is 0. The SMILES string of the molecule is CCCCCCCCCCCCCCCCCCCCc1cc(S(=O)(=O)O)ccc1C(C)(C)C. The third-order valence-corrected chi connectivity index (χ3v) is 7.83. The Hall–Kier alpha value is -0.870. The van der Waals surface area contributed by atoms with Crippen molar-refractivity contribution in [1.29, 1.82) is 0 Å². The summed E-state index contributed by atoms with van der Waals surface area (Å²) in [7, 11) is -4.15. The summed E-state index contributed by atoms with van der Waals surface area (Å²) in [6, 6.07) is 5.06. The summed E-state index contributed by atoms with van der Waals surface area (Å²) in [5.41, 5.74) is 2.19. The summed E-state index contributed by atoms with van der Waals surface area (Å²) in [6.07, 6.45) is 25.3. The van der Waals surface area contributed by atoms with Crippen molar-refractivity contribution >= 4 is 10.1 Å². The molecule has 0 aliphatic carbocycles. The van der Waals surface area contributed by atoms with E-state index in [9.17, 15) is 13.0 Å². The van der Waals surface area contributed by atoms with Crippen LogP contribution in [0, 0.1) is 0 Å². The molecule has 0 bridgehead atoms. The second-order valence-corrected chi connectivity index (χ2v) is 12.7. The van der Waals surface area contributed by atoms with Crippen LogP contribution < -0.4 is 0 Å². The van der Waals surface area contributed by atoms with Crippen LogP contribution >= 0.6 is 0 Å². The Labute approximate surface area is 212 Å². The van der Waals surface area contributed by atoms with E-state index in [1.807, 2.05) is 6.07 Å². The quantitative estimate of drug-likeness (QED) is 0.145. The van der Waals surface area contributed by atoms with E-state index in [-0.39, 0.29) is 10.3 Å². The molecule has 0 radical (unpaired) electrons. The molecule has 1 rings (SSSR count). The molecule has 0 unspecified atom stereocenters. The number of hydrogen-bond donors (Lipinski definition) is 1. The molecular weight excluding hydrogens is 440 g/mol. The van der Waals surface area contributed by atoms with Crippen molar-refractivity contribution in [2.45, 2.75) is 160 Å². The Bertz CT molecular complexity index is 747. The molecular formula is C30H54O3S. The van der Waals surface area contributed by atoms with Crippen molar-refractivity contribution in [3.8, 4) is 0 Å².